The Labute approximate surface area is 92.8 Å². The van der Waals surface area contributed by atoms with Crippen molar-refractivity contribution in [3.8, 4) is 0 Å². The van der Waals surface area contributed by atoms with Gasteiger partial charge in [0.15, 0.2) is 0 Å². The fourth-order valence-electron chi connectivity index (χ4n) is 2.09. The molecule has 0 radical (unpaired) electrons. The van der Waals surface area contributed by atoms with Crippen LogP contribution in [0.4, 0.5) is 0 Å². The van der Waals surface area contributed by atoms with Gasteiger partial charge < -0.3 is 11.1 Å². The van der Waals surface area contributed by atoms with E-state index < -0.39 is 0 Å². The summed E-state index contributed by atoms with van der Waals surface area (Å²) in [4.78, 5) is 11.8. The molecule has 88 valence electrons. The number of hydrogen-bond acceptors (Lipinski definition) is 2. The summed E-state index contributed by atoms with van der Waals surface area (Å²) in [6.45, 7) is 6.74. The van der Waals surface area contributed by atoms with Crippen molar-refractivity contribution in [1.29, 1.82) is 0 Å². The van der Waals surface area contributed by atoms with Crippen molar-refractivity contribution >= 4 is 5.91 Å². The molecule has 3 atom stereocenters. The van der Waals surface area contributed by atoms with Gasteiger partial charge in [0.2, 0.25) is 5.91 Å². The Balaban J connectivity index is 2.30. The Morgan fingerprint density at radius 1 is 1.53 bits per heavy atom. The van der Waals surface area contributed by atoms with Crippen LogP contribution in [0.1, 0.15) is 40.0 Å². The summed E-state index contributed by atoms with van der Waals surface area (Å²) < 4.78 is 0. The highest BCUT2D eigenvalue weighted by atomic mass is 16.2. The molecule has 15 heavy (non-hydrogen) atoms. The van der Waals surface area contributed by atoms with Crippen LogP contribution in [0.15, 0.2) is 0 Å². The molecule has 0 aliphatic heterocycles. The lowest BCUT2D eigenvalue weighted by Gasteiger charge is -2.18. The summed E-state index contributed by atoms with van der Waals surface area (Å²) in [6, 6.07) is 0.435. The third-order valence-electron chi connectivity index (χ3n) is 3.31. The van der Waals surface area contributed by atoms with E-state index in [1.54, 1.807) is 0 Å². The number of rotatable bonds is 6. The molecule has 0 bridgehead atoms. The van der Waals surface area contributed by atoms with E-state index in [-0.39, 0.29) is 11.8 Å². The average molecular weight is 212 g/mol. The van der Waals surface area contributed by atoms with Gasteiger partial charge in [-0.05, 0) is 24.7 Å². The zero-order valence-electron chi connectivity index (χ0n) is 10.1. The summed E-state index contributed by atoms with van der Waals surface area (Å²) in [6.07, 6.45) is 3.61. The van der Waals surface area contributed by atoms with Gasteiger partial charge in [0.05, 0.1) is 5.92 Å². The van der Waals surface area contributed by atoms with Gasteiger partial charge >= 0.3 is 0 Å². The number of nitrogens with two attached hydrogens (primary N) is 1. The summed E-state index contributed by atoms with van der Waals surface area (Å²) in [7, 11) is 0. The highest BCUT2D eigenvalue weighted by Crippen LogP contribution is 2.34. The molecule has 0 heterocycles. The molecular weight excluding hydrogens is 188 g/mol. The van der Waals surface area contributed by atoms with Gasteiger partial charge in [-0.3, -0.25) is 4.79 Å². The topological polar surface area (TPSA) is 55.1 Å². The second-order valence-corrected chi connectivity index (χ2v) is 4.99. The van der Waals surface area contributed by atoms with Crippen LogP contribution in [0, 0.1) is 17.8 Å². The van der Waals surface area contributed by atoms with Gasteiger partial charge in [-0.25, -0.2) is 0 Å². The molecule has 1 saturated carbocycles. The predicted octanol–water partition coefficient (Wildman–Crippen LogP) is 1.52. The molecule has 3 heteroatoms. The van der Waals surface area contributed by atoms with Crippen LogP contribution in [-0.4, -0.2) is 18.5 Å². The minimum Gasteiger partial charge on any atom is -0.353 e. The van der Waals surface area contributed by atoms with Gasteiger partial charge in [-0.15, -0.1) is 0 Å². The molecular formula is C12H24N2O. The summed E-state index contributed by atoms with van der Waals surface area (Å²) in [5.74, 6) is 1.19. The molecule has 0 aromatic heterocycles. The second-order valence-electron chi connectivity index (χ2n) is 4.99. The number of nitrogens with one attached hydrogen (secondary N) is 1. The maximum atomic E-state index is 11.8. The van der Waals surface area contributed by atoms with Crippen LogP contribution < -0.4 is 11.1 Å². The molecule has 1 fully saturated rings. The van der Waals surface area contributed by atoms with Gasteiger partial charge in [0.1, 0.15) is 0 Å². The van der Waals surface area contributed by atoms with Crippen molar-refractivity contribution in [2.24, 2.45) is 23.5 Å². The Bertz CT molecular complexity index is 216. The van der Waals surface area contributed by atoms with Crippen molar-refractivity contribution in [1.82, 2.24) is 5.32 Å². The molecule has 1 aliphatic rings. The normalized spacial score (nSPS) is 26.5. The van der Waals surface area contributed by atoms with Crippen LogP contribution in [0.5, 0.6) is 0 Å². The lowest BCUT2D eigenvalue weighted by Crippen LogP contribution is -2.39. The quantitative estimate of drug-likeness (QED) is 0.701. The van der Waals surface area contributed by atoms with Crippen LogP contribution >= 0.6 is 0 Å². The van der Waals surface area contributed by atoms with Crippen LogP contribution in [0.2, 0.25) is 0 Å². The molecule has 1 aliphatic carbocycles. The lowest BCUT2D eigenvalue weighted by atomic mass is 9.95. The molecule has 0 saturated heterocycles. The lowest BCUT2D eigenvalue weighted by molar-refractivity contribution is -0.126. The molecule has 3 N–H and O–H groups in total. The van der Waals surface area contributed by atoms with Crippen LogP contribution in [0.3, 0.4) is 0 Å². The summed E-state index contributed by atoms with van der Waals surface area (Å²) >= 11 is 0. The van der Waals surface area contributed by atoms with E-state index in [2.05, 4.69) is 12.2 Å². The zero-order chi connectivity index (χ0) is 11.4. The highest BCUT2D eigenvalue weighted by molar-refractivity contribution is 5.79. The smallest absolute Gasteiger partial charge is 0.224 e. The average Bonchev–Trinajstić information content (AvgIpc) is 2.84. The minimum atomic E-state index is -0.0205. The third kappa shape index (κ3) is 3.49. The second kappa shape index (κ2) is 5.50. The minimum absolute atomic E-state index is 0.0205. The van der Waals surface area contributed by atoms with Crippen LogP contribution in [-0.2, 0) is 4.79 Å². The SMILES string of the molecule is CCCC1CC1NC(=O)C(CN)C(C)C. The first-order valence-electron chi connectivity index (χ1n) is 6.10. The van der Waals surface area contributed by atoms with Gasteiger partial charge in [0, 0.05) is 12.6 Å². The van der Waals surface area contributed by atoms with E-state index in [9.17, 15) is 4.79 Å². The predicted molar refractivity (Wildman–Crippen MR) is 62.3 cm³/mol. The maximum absolute atomic E-state index is 11.8. The van der Waals surface area contributed by atoms with E-state index in [0.29, 0.717) is 18.5 Å². The molecule has 3 nitrogen and oxygen atoms in total. The first-order valence-corrected chi connectivity index (χ1v) is 6.10. The van der Waals surface area contributed by atoms with Gasteiger partial charge in [-0.2, -0.15) is 0 Å². The van der Waals surface area contributed by atoms with E-state index in [0.717, 1.165) is 12.3 Å². The summed E-state index contributed by atoms with van der Waals surface area (Å²) in [5.41, 5.74) is 5.60. The Hall–Kier alpha value is -0.570. The largest absolute Gasteiger partial charge is 0.353 e. The van der Waals surface area contributed by atoms with Crippen molar-refractivity contribution in [3.05, 3.63) is 0 Å². The third-order valence-corrected chi connectivity index (χ3v) is 3.31. The molecule has 3 unspecified atom stereocenters. The molecule has 0 aromatic rings. The number of hydrogen-bond donors (Lipinski definition) is 2. The number of amides is 1. The van der Waals surface area contributed by atoms with Gasteiger partial charge in [0.25, 0.3) is 0 Å². The molecule has 1 rings (SSSR count). The van der Waals surface area contributed by atoms with E-state index in [1.165, 1.54) is 12.8 Å². The number of carbonyl (C=O) groups excluding carboxylic acids is 1. The fourth-order valence-corrected chi connectivity index (χ4v) is 2.09. The monoisotopic (exact) mass is 212 g/mol. The van der Waals surface area contributed by atoms with Crippen molar-refractivity contribution in [3.63, 3.8) is 0 Å². The highest BCUT2D eigenvalue weighted by Gasteiger charge is 2.38. The van der Waals surface area contributed by atoms with E-state index >= 15 is 0 Å². The maximum Gasteiger partial charge on any atom is 0.224 e. The molecule has 1 amide bonds. The Morgan fingerprint density at radius 3 is 2.67 bits per heavy atom. The fraction of sp³-hybridized carbons (Fsp3) is 0.917. The van der Waals surface area contributed by atoms with E-state index in [1.807, 2.05) is 13.8 Å². The molecule has 0 aromatic carbocycles. The van der Waals surface area contributed by atoms with Crippen LogP contribution in [0.25, 0.3) is 0 Å². The Morgan fingerprint density at radius 2 is 2.20 bits per heavy atom. The first-order chi connectivity index (χ1) is 7.10. The molecule has 0 spiro atoms. The zero-order valence-corrected chi connectivity index (χ0v) is 10.1. The number of carbonyl (C=O) groups is 1. The van der Waals surface area contributed by atoms with Crippen molar-refractivity contribution in [2.45, 2.75) is 46.1 Å². The van der Waals surface area contributed by atoms with Crippen molar-refractivity contribution < 1.29 is 4.79 Å². The van der Waals surface area contributed by atoms with E-state index in [4.69, 9.17) is 5.73 Å². The first kappa shape index (κ1) is 12.5. The summed E-state index contributed by atoms with van der Waals surface area (Å²) in [5, 5.41) is 3.10. The van der Waals surface area contributed by atoms with Crippen molar-refractivity contribution in [2.75, 3.05) is 6.54 Å². The standard InChI is InChI=1S/C12H24N2O/c1-4-5-9-6-11(9)14-12(15)10(7-13)8(2)3/h8-11H,4-7,13H2,1-3H3,(H,14,15). The van der Waals surface area contributed by atoms with Gasteiger partial charge in [-0.1, -0.05) is 27.2 Å². The Kier molecular flexibility index (Phi) is 4.58.